The lowest BCUT2D eigenvalue weighted by Gasteiger charge is -2.05. The fraction of sp³-hybridized carbons (Fsp3) is 0.357. The Hall–Kier alpha value is -0.990. The summed E-state index contributed by atoms with van der Waals surface area (Å²) < 4.78 is 1.73. The molecule has 2 rings (SSSR count). The first-order valence-corrected chi connectivity index (χ1v) is 6.74. The summed E-state index contributed by atoms with van der Waals surface area (Å²) in [6.45, 7) is 6.30. The molecule has 0 spiro atoms. The third kappa shape index (κ3) is 2.88. The Kier molecular flexibility index (Phi) is 3.98. The van der Waals surface area contributed by atoms with Crippen LogP contribution in [0.5, 0.6) is 0 Å². The molecule has 0 atom stereocenters. The van der Waals surface area contributed by atoms with Gasteiger partial charge in [-0.1, -0.05) is 43.1 Å². The molecule has 0 amide bonds. The van der Waals surface area contributed by atoms with Crippen LogP contribution in [0, 0.1) is 12.8 Å². The maximum atomic E-state index is 6.21. The number of hydrogen-bond donors (Lipinski definition) is 0. The molecule has 2 nitrogen and oxygen atoms in total. The van der Waals surface area contributed by atoms with Crippen LogP contribution in [0.2, 0.25) is 10.2 Å². The molecule has 0 radical (unpaired) electrons. The van der Waals surface area contributed by atoms with E-state index in [1.165, 1.54) is 0 Å². The zero-order valence-corrected chi connectivity index (χ0v) is 12.3. The molecule has 4 heteroatoms. The van der Waals surface area contributed by atoms with E-state index in [2.05, 4.69) is 18.9 Å². The van der Waals surface area contributed by atoms with Gasteiger partial charge in [0.2, 0.25) is 0 Å². The largest absolute Gasteiger partial charge is 0.222 e. The van der Waals surface area contributed by atoms with Gasteiger partial charge >= 0.3 is 0 Å². The van der Waals surface area contributed by atoms with Crippen molar-refractivity contribution in [3.63, 3.8) is 0 Å². The highest BCUT2D eigenvalue weighted by molar-refractivity contribution is 6.31. The van der Waals surface area contributed by atoms with Gasteiger partial charge in [-0.05, 0) is 43.0 Å². The lowest BCUT2D eigenvalue weighted by atomic mass is 10.1. The van der Waals surface area contributed by atoms with Crippen molar-refractivity contribution in [2.75, 3.05) is 0 Å². The van der Waals surface area contributed by atoms with Crippen molar-refractivity contribution in [2.45, 2.75) is 27.2 Å². The molecular formula is C14H16Cl2N2. The lowest BCUT2D eigenvalue weighted by Crippen LogP contribution is -2.00. The Bertz CT molecular complexity index is 559. The first-order valence-electron chi connectivity index (χ1n) is 5.98. The number of rotatable bonds is 3. The second-order valence-electron chi connectivity index (χ2n) is 4.90. The van der Waals surface area contributed by atoms with E-state index < -0.39 is 0 Å². The van der Waals surface area contributed by atoms with Crippen LogP contribution in [0.15, 0.2) is 24.3 Å². The summed E-state index contributed by atoms with van der Waals surface area (Å²) in [5.41, 5.74) is 2.95. The predicted octanol–water partition coefficient (Wildman–Crippen LogP) is 4.69. The Labute approximate surface area is 118 Å². The molecule has 96 valence electrons. The van der Waals surface area contributed by atoms with Gasteiger partial charge in [-0.3, -0.25) is 0 Å². The third-order valence-corrected chi connectivity index (χ3v) is 3.41. The van der Waals surface area contributed by atoms with E-state index in [9.17, 15) is 0 Å². The number of aryl methyl sites for hydroxylation is 1. The van der Waals surface area contributed by atoms with Crippen molar-refractivity contribution < 1.29 is 0 Å². The zero-order chi connectivity index (χ0) is 13.3. The van der Waals surface area contributed by atoms with Crippen molar-refractivity contribution in [3.8, 4) is 5.69 Å². The van der Waals surface area contributed by atoms with Crippen LogP contribution in [0.1, 0.15) is 25.1 Å². The number of hydrogen-bond acceptors (Lipinski definition) is 1. The minimum Gasteiger partial charge on any atom is -0.222 e. The minimum absolute atomic E-state index is 0.561. The Morgan fingerprint density at radius 1 is 1.22 bits per heavy atom. The van der Waals surface area contributed by atoms with Crippen molar-refractivity contribution in [1.82, 2.24) is 9.78 Å². The second-order valence-corrected chi connectivity index (χ2v) is 5.70. The topological polar surface area (TPSA) is 17.8 Å². The molecule has 0 saturated heterocycles. The molecule has 18 heavy (non-hydrogen) atoms. The van der Waals surface area contributed by atoms with Crippen molar-refractivity contribution in [1.29, 1.82) is 0 Å². The standard InChI is InChI=1S/C14H16Cl2N2/c1-9(2)6-11-7-14(16)18(17-11)12-5-4-10(3)13(15)8-12/h4-5,7-9H,6H2,1-3H3. The Morgan fingerprint density at radius 2 is 1.94 bits per heavy atom. The van der Waals surface area contributed by atoms with Crippen molar-refractivity contribution in [3.05, 3.63) is 45.7 Å². The highest BCUT2D eigenvalue weighted by Gasteiger charge is 2.10. The van der Waals surface area contributed by atoms with Gasteiger partial charge in [0, 0.05) is 5.02 Å². The van der Waals surface area contributed by atoms with E-state index in [0.29, 0.717) is 11.1 Å². The highest BCUT2D eigenvalue weighted by Crippen LogP contribution is 2.23. The van der Waals surface area contributed by atoms with Gasteiger partial charge in [-0.15, -0.1) is 0 Å². The maximum Gasteiger partial charge on any atom is 0.133 e. The van der Waals surface area contributed by atoms with Crippen LogP contribution in [0.3, 0.4) is 0 Å². The van der Waals surface area contributed by atoms with Gasteiger partial charge in [0.25, 0.3) is 0 Å². The van der Waals surface area contributed by atoms with Crippen LogP contribution in [-0.4, -0.2) is 9.78 Å². The number of aromatic nitrogens is 2. The highest BCUT2D eigenvalue weighted by atomic mass is 35.5. The fourth-order valence-corrected chi connectivity index (χ4v) is 2.25. The first kappa shape index (κ1) is 13.4. The van der Waals surface area contributed by atoms with Crippen molar-refractivity contribution >= 4 is 23.2 Å². The van der Waals surface area contributed by atoms with E-state index in [1.54, 1.807) is 4.68 Å². The summed E-state index contributed by atoms with van der Waals surface area (Å²) in [6.07, 6.45) is 0.923. The summed E-state index contributed by atoms with van der Waals surface area (Å²) in [4.78, 5) is 0. The average Bonchev–Trinajstić information content (AvgIpc) is 2.62. The predicted molar refractivity (Wildman–Crippen MR) is 76.9 cm³/mol. The summed E-state index contributed by atoms with van der Waals surface area (Å²) in [6, 6.07) is 7.74. The molecule has 0 aliphatic heterocycles. The zero-order valence-electron chi connectivity index (χ0n) is 10.7. The number of halogens is 2. The van der Waals surface area contributed by atoms with Gasteiger partial charge in [0.1, 0.15) is 5.15 Å². The normalized spacial score (nSPS) is 11.2. The molecule has 1 aromatic heterocycles. The van der Waals surface area contributed by atoms with Gasteiger partial charge in [-0.25, -0.2) is 4.68 Å². The van der Waals surface area contributed by atoms with Crippen LogP contribution >= 0.6 is 23.2 Å². The fourth-order valence-electron chi connectivity index (χ4n) is 1.82. The summed E-state index contributed by atoms with van der Waals surface area (Å²) in [5, 5.41) is 5.86. The molecule has 0 N–H and O–H groups in total. The Balaban J connectivity index is 2.38. The van der Waals surface area contributed by atoms with E-state index in [4.69, 9.17) is 23.2 Å². The van der Waals surface area contributed by atoms with Crippen LogP contribution in [0.4, 0.5) is 0 Å². The van der Waals surface area contributed by atoms with E-state index in [-0.39, 0.29) is 0 Å². The summed E-state index contributed by atoms with van der Waals surface area (Å²) in [7, 11) is 0. The molecule has 0 aliphatic carbocycles. The lowest BCUT2D eigenvalue weighted by molar-refractivity contribution is 0.628. The average molecular weight is 283 g/mol. The summed E-state index contributed by atoms with van der Waals surface area (Å²) in [5.74, 6) is 0.561. The quantitative estimate of drug-likeness (QED) is 0.799. The van der Waals surface area contributed by atoms with E-state index in [0.717, 1.165) is 28.4 Å². The van der Waals surface area contributed by atoms with E-state index in [1.807, 2.05) is 31.2 Å². The molecule has 1 aromatic carbocycles. The van der Waals surface area contributed by atoms with Crippen LogP contribution in [-0.2, 0) is 6.42 Å². The van der Waals surface area contributed by atoms with Gasteiger partial charge in [0.15, 0.2) is 0 Å². The Morgan fingerprint density at radius 3 is 2.56 bits per heavy atom. The third-order valence-electron chi connectivity index (χ3n) is 2.73. The molecule has 0 saturated carbocycles. The molecule has 1 heterocycles. The summed E-state index contributed by atoms with van der Waals surface area (Å²) >= 11 is 12.3. The second kappa shape index (κ2) is 5.33. The van der Waals surface area contributed by atoms with Crippen molar-refractivity contribution in [2.24, 2.45) is 5.92 Å². The molecule has 0 aliphatic rings. The number of benzene rings is 1. The first-order chi connectivity index (χ1) is 8.47. The molecular weight excluding hydrogens is 267 g/mol. The monoisotopic (exact) mass is 282 g/mol. The molecule has 2 aromatic rings. The van der Waals surface area contributed by atoms with Gasteiger partial charge in [0.05, 0.1) is 11.4 Å². The SMILES string of the molecule is Cc1ccc(-n2nc(CC(C)C)cc2Cl)cc1Cl. The number of nitrogens with zero attached hydrogens (tertiary/aromatic N) is 2. The smallest absolute Gasteiger partial charge is 0.133 e. The van der Waals surface area contributed by atoms with E-state index >= 15 is 0 Å². The maximum absolute atomic E-state index is 6.21. The molecule has 0 fully saturated rings. The van der Waals surface area contributed by atoms with Gasteiger partial charge < -0.3 is 0 Å². The van der Waals surface area contributed by atoms with Gasteiger partial charge in [-0.2, -0.15) is 5.10 Å². The van der Waals surface area contributed by atoms with Crippen LogP contribution < -0.4 is 0 Å². The molecule has 0 unspecified atom stereocenters. The van der Waals surface area contributed by atoms with Crippen LogP contribution in [0.25, 0.3) is 5.69 Å². The minimum atomic E-state index is 0.561. The molecule has 0 bridgehead atoms.